The van der Waals surface area contributed by atoms with Crippen LogP contribution in [0.15, 0.2) is 18.2 Å². The van der Waals surface area contributed by atoms with Crippen molar-refractivity contribution in [3.8, 4) is 0 Å². The molecule has 6 nitrogen and oxygen atoms in total. The van der Waals surface area contributed by atoms with E-state index < -0.39 is 0 Å². The van der Waals surface area contributed by atoms with Crippen LogP contribution in [0.3, 0.4) is 0 Å². The molecule has 146 valence electrons. The molecule has 1 aromatic rings. The Kier molecular flexibility index (Phi) is 6.14. The van der Waals surface area contributed by atoms with Crippen molar-refractivity contribution in [2.45, 2.75) is 52.4 Å². The molecule has 2 aliphatic rings. The number of amides is 3. The van der Waals surface area contributed by atoms with Crippen LogP contribution >= 0.6 is 0 Å². The second-order valence-electron chi connectivity index (χ2n) is 7.93. The van der Waals surface area contributed by atoms with Gasteiger partial charge in [-0.25, -0.2) is 0 Å². The maximum Gasteiger partial charge on any atom is 0.251 e. The van der Waals surface area contributed by atoms with Crippen molar-refractivity contribution >= 4 is 29.1 Å². The quantitative estimate of drug-likeness (QED) is 0.715. The Hall–Kier alpha value is -2.37. The van der Waals surface area contributed by atoms with Crippen molar-refractivity contribution in [2.75, 3.05) is 17.2 Å². The predicted molar refractivity (Wildman–Crippen MR) is 106 cm³/mol. The molecule has 2 unspecified atom stereocenters. The third-order valence-electron chi connectivity index (χ3n) is 5.59. The number of carbonyl (C=O) groups is 3. The molecule has 27 heavy (non-hydrogen) atoms. The highest BCUT2D eigenvalue weighted by atomic mass is 16.2. The van der Waals surface area contributed by atoms with Gasteiger partial charge in [0.05, 0.1) is 0 Å². The van der Waals surface area contributed by atoms with Crippen LogP contribution in [0.5, 0.6) is 0 Å². The number of rotatable bonds is 6. The van der Waals surface area contributed by atoms with E-state index in [1.165, 1.54) is 52.4 Å². The molecule has 2 saturated carbocycles. The van der Waals surface area contributed by atoms with Crippen LogP contribution in [0.1, 0.15) is 62.7 Å². The first-order chi connectivity index (χ1) is 12.9. The third-order valence-corrected chi connectivity index (χ3v) is 5.59. The maximum atomic E-state index is 12.6. The van der Waals surface area contributed by atoms with E-state index in [0.29, 0.717) is 29.4 Å². The predicted octanol–water partition coefficient (Wildman–Crippen LogP) is 3.55. The fourth-order valence-electron chi connectivity index (χ4n) is 4.28. The minimum Gasteiger partial charge on any atom is -0.352 e. The molecule has 0 heterocycles. The van der Waals surface area contributed by atoms with Gasteiger partial charge in [0.25, 0.3) is 5.91 Å². The van der Waals surface area contributed by atoms with Crippen molar-refractivity contribution in [3.05, 3.63) is 23.8 Å². The third kappa shape index (κ3) is 5.55. The van der Waals surface area contributed by atoms with Gasteiger partial charge in [0.15, 0.2) is 0 Å². The first-order valence-electron chi connectivity index (χ1n) is 9.91. The highest BCUT2D eigenvalue weighted by Gasteiger charge is 2.42. The summed E-state index contributed by atoms with van der Waals surface area (Å²) < 4.78 is 0. The van der Waals surface area contributed by atoms with E-state index in [1.54, 1.807) is 18.2 Å². The van der Waals surface area contributed by atoms with Gasteiger partial charge in [-0.2, -0.15) is 0 Å². The summed E-state index contributed by atoms with van der Waals surface area (Å²) in [6.45, 7) is 3.51. The van der Waals surface area contributed by atoms with E-state index in [2.05, 4.69) is 16.0 Å². The lowest BCUT2D eigenvalue weighted by molar-refractivity contribution is -0.115. The summed E-state index contributed by atoms with van der Waals surface area (Å²) in [5.74, 6) is 1.57. The van der Waals surface area contributed by atoms with Crippen LogP contribution < -0.4 is 16.0 Å². The molecule has 0 aromatic heterocycles. The molecular formula is C21H29N3O3. The highest BCUT2D eigenvalue weighted by Crippen LogP contribution is 2.48. The zero-order valence-corrected chi connectivity index (χ0v) is 16.1. The van der Waals surface area contributed by atoms with Crippen molar-refractivity contribution in [1.82, 2.24) is 5.32 Å². The summed E-state index contributed by atoms with van der Waals surface area (Å²) in [6, 6.07) is 4.90. The van der Waals surface area contributed by atoms with Gasteiger partial charge in [0.1, 0.15) is 0 Å². The minimum atomic E-state index is -0.227. The monoisotopic (exact) mass is 371 g/mol. The standard InChI is InChI=1S/C21H29N3O3/c1-13(25)23-18-8-16(9-19(11-18)24-14(2)26)21(27)22-12-17-10-20(17)15-6-4-3-5-7-15/h8-9,11,15,17,20H,3-7,10,12H2,1-2H3,(H,22,27)(H,23,25)(H,24,26). The Morgan fingerprint density at radius 1 is 0.926 bits per heavy atom. The van der Waals surface area contributed by atoms with E-state index in [0.717, 1.165) is 11.8 Å². The fourth-order valence-corrected chi connectivity index (χ4v) is 4.28. The Bertz CT molecular complexity index is 691. The number of nitrogens with one attached hydrogen (secondary N) is 3. The summed E-state index contributed by atoms with van der Waals surface area (Å²) in [4.78, 5) is 35.3. The van der Waals surface area contributed by atoms with Crippen molar-refractivity contribution in [1.29, 1.82) is 0 Å². The van der Waals surface area contributed by atoms with Crippen molar-refractivity contribution in [3.63, 3.8) is 0 Å². The molecule has 6 heteroatoms. The van der Waals surface area contributed by atoms with Gasteiger partial charge < -0.3 is 16.0 Å². The molecule has 0 saturated heterocycles. The average molecular weight is 371 g/mol. The number of anilines is 2. The van der Waals surface area contributed by atoms with E-state index in [-0.39, 0.29) is 17.7 Å². The molecule has 3 amide bonds. The summed E-state index contributed by atoms with van der Waals surface area (Å²) in [5.41, 5.74) is 1.41. The molecule has 2 aliphatic carbocycles. The van der Waals surface area contributed by atoms with Gasteiger partial charge in [-0.3, -0.25) is 14.4 Å². The Balaban J connectivity index is 1.59. The number of hydrogen-bond acceptors (Lipinski definition) is 3. The minimum absolute atomic E-state index is 0.178. The lowest BCUT2D eigenvalue weighted by atomic mass is 9.85. The van der Waals surface area contributed by atoms with E-state index in [4.69, 9.17) is 0 Å². The zero-order valence-electron chi connectivity index (χ0n) is 16.1. The summed E-state index contributed by atoms with van der Waals surface area (Å²) >= 11 is 0. The van der Waals surface area contributed by atoms with E-state index >= 15 is 0 Å². The number of benzene rings is 1. The molecule has 2 fully saturated rings. The second kappa shape index (κ2) is 8.55. The Morgan fingerprint density at radius 2 is 1.52 bits per heavy atom. The maximum absolute atomic E-state index is 12.6. The van der Waals surface area contributed by atoms with Crippen LogP contribution in [-0.4, -0.2) is 24.3 Å². The molecular weight excluding hydrogens is 342 g/mol. The molecule has 3 rings (SSSR count). The van der Waals surface area contributed by atoms with Crippen LogP contribution in [-0.2, 0) is 9.59 Å². The SMILES string of the molecule is CC(=O)Nc1cc(NC(C)=O)cc(C(=O)NCC2CC2C2CCCCC2)c1. The summed E-state index contributed by atoms with van der Waals surface area (Å²) in [5, 5.41) is 8.37. The number of carbonyl (C=O) groups excluding carboxylic acids is 3. The zero-order chi connectivity index (χ0) is 19.4. The molecule has 0 bridgehead atoms. The van der Waals surface area contributed by atoms with Crippen LogP contribution in [0.4, 0.5) is 11.4 Å². The molecule has 0 aliphatic heterocycles. The largest absolute Gasteiger partial charge is 0.352 e. The van der Waals surface area contributed by atoms with E-state index in [9.17, 15) is 14.4 Å². The molecule has 2 atom stereocenters. The average Bonchev–Trinajstić information content (AvgIpc) is 3.38. The topological polar surface area (TPSA) is 87.3 Å². The summed E-state index contributed by atoms with van der Waals surface area (Å²) in [7, 11) is 0. The summed E-state index contributed by atoms with van der Waals surface area (Å²) in [6.07, 6.45) is 7.96. The van der Waals surface area contributed by atoms with Gasteiger partial charge in [-0.1, -0.05) is 32.1 Å². The van der Waals surface area contributed by atoms with Gasteiger partial charge in [0, 0.05) is 37.3 Å². The normalized spacial score (nSPS) is 22.0. The van der Waals surface area contributed by atoms with Crippen molar-refractivity contribution in [2.24, 2.45) is 17.8 Å². The fraction of sp³-hybridized carbons (Fsp3) is 0.571. The Labute approximate surface area is 160 Å². The van der Waals surface area contributed by atoms with Crippen LogP contribution in [0.25, 0.3) is 0 Å². The lowest BCUT2D eigenvalue weighted by Crippen LogP contribution is -2.27. The highest BCUT2D eigenvalue weighted by molar-refractivity contribution is 5.99. The smallest absolute Gasteiger partial charge is 0.251 e. The van der Waals surface area contributed by atoms with Gasteiger partial charge >= 0.3 is 0 Å². The van der Waals surface area contributed by atoms with Gasteiger partial charge in [0.2, 0.25) is 11.8 Å². The lowest BCUT2D eigenvalue weighted by Gasteiger charge is -2.21. The van der Waals surface area contributed by atoms with Gasteiger partial charge in [-0.05, 0) is 42.4 Å². The first-order valence-corrected chi connectivity index (χ1v) is 9.91. The Morgan fingerprint density at radius 3 is 2.07 bits per heavy atom. The molecule has 0 spiro atoms. The number of hydrogen-bond donors (Lipinski definition) is 3. The van der Waals surface area contributed by atoms with Crippen LogP contribution in [0.2, 0.25) is 0 Å². The van der Waals surface area contributed by atoms with Crippen LogP contribution in [0, 0.1) is 17.8 Å². The molecule has 0 radical (unpaired) electrons. The second-order valence-corrected chi connectivity index (χ2v) is 7.93. The first kappa shape index (κ1) is 19.4. The molecule has 1 aromatic carbocycles. The van der Waals surface area contributed by atoms with Crippen molar-refractivity contribution < 1.29 is 14.4 Å². The molecule has 3 N–H and O–H groups in total. The van der Waals surface area contributed by atoms with Gasteiger partial charge in [-0.15, -0.1) is 0 Å². The van der Waals surface area contributed by atoms with E-state index in [1.807, 2.05) is 0 Å².